The summed E-state index contributed by atoms with van der Waals surface area (Å²) in [6, 6.07) is 13.3. The average molecular weight is 389 g/mol. The summed E-state index contributed by atoms with van der Waals surface area (Å²) >= 11 is 11.0. The summed E-state index contributed by atoms with van der Waals surface area (Å²) in [5.41, 5.74) is 0.690. The second-order valence-electron chi connectivity index (χ2n) is 4.69. The molecule has 0 bridgehead atoms. The Morgan fingerprint density at radius 3 is 2.57 bits per heavy atom. The monoisotopic (exact) mass is 387 g/mol. The largest absolute Gasteiger partial charge is 0.316 e. The lowest BCUT2D eigenvalue weighted by atomic mass is 10.1. The van der Waals surface area contributed by atoms with E-state index in [1.54, 1.807) is 23.9 Å². The zero-order valence-corrected chi connectivity index (χ0v) is 14.7. The van der Waals surface area contributed by atoms with E-state index in [0.29, 0.717) is 17.0 Å². The summed E-state index contributed by atoms with van der Waals surface area (Å²) < 4.78 is 14.9. The lowest BCUT2D eigenvalue weighted by molar-refractivity contribution is 0.568. The van der Waals surface area contributed by atoms with Crippen LogP contribution in [0.3, 0.4) is 0 Å². The van der Waals surface area contributed by atoms with Crippen LogP contribution >= 0.6 is 39.3 Å². The van der Waals surface area contributed by atoms with Crippen LogP contribution in [-0.4, -0.2) is 18.8 Å². The van der Waals surface area contributed by atoms with Gasteiger partial charge >= 0.3 is 0 Å². The Morgan fingerprint density at radius 1 is 1.24 bits per heavy atom. The molecule has 0 heterocycles. The molecule has 1 unspecified atom stereocenters. The van der Waals surface area contributed by atoms with Crippen LogP contribution in [0.1, 0.15) is 5.56 Å². The first kappa shape index (κ1) is 16.8. The molecular weight excluding hydrogens is 373 g/mol. The smallest absolute Gasteiger partial charge is 0.127 e. The first-order chi connectivity index (χ1) is 10.1. The van der Waals surface area contributed by atoms with Crippen LogP contribution in [0.5, 0.6) is 0 Å². The van der Waals surface area contributed by atoms with E-state index in [1.165, 1.54) is 11.0 Å². The van der Waals surface area contributed by atoms with E-state index in [-0.39, 0.29) is 11.9 Å². The molecule has 112 valence electrons. The fourth-order valence-corrected chi connectivity index (χ4v) is 3.35. The number of hydrogen-bond donors (Lipinski definition) is 1. The predicted molar refractivity (Wildman–Crippen MR) is 92.8 cm³/mol. The van der Waals surface area contributed by atoms with Gasteiger partial charge in [0.15, 0.2) is 0 Å². The van der Waals surface area contributed by atoms with Crippen molar-refractivity contribution >= 4 is 39.3 Å². The average Bonchev–Trinajstić information content (AvgIpc) is 2.47. The highest BCUT2D eigenvalue weighted by atomic mass is 79.9. The van der Waals surface area contributed by atoms with E-state index >= 15 is 0 Å². The highest BCUT2D eigenvalue weighted by Gasteiger charge is 2.11. The molecule has 5 heteroatoms. The first-order valence-corrected chi connectivity index (χ1v) is 8.73. The van der Waals surface area contributed by atoms with Gasteiger partial charge in [0, 0.05) is 26.2 Å². The summed E-state index contributed by atoms with van der Waals surface area (Å²) in [4.78, 5) is 1.20. The summed E-state index contributed by atoms with van der Waals surface area (Å²) in [5, 5.41) is 3.68. The molecule has 0 aliphatic rings. The second-order valence-corrected chi connectivity index (χ2v) is 7.14. The first-order valence-electron chi connectivity index (χ1n) is 6.58. The third-order valence-electron chi connectivity index (χ3n) is 3.15. The maximum absolute atomic E-state index is 13.8. The van der Waals surface area contributed by atoms with Gasteiger partial charge in [0.2, 0.25) is 0 Å². The highest BCUT2D eigenvalue weighted by Crippen LogP contribution is 2.23. The van der Waals surface area contributed by atoms with Gasteiger partial charge in [-0.15, -0.1) is 11.8 Å². The molecule has 0 spiro atoms. The van der Waals surface area contributed by atoms with E-state index in [1.807, 2.05) is 19.2 Å². The number of hydrogen-bond acceptors (Lipinski definition) is 2. The Hall–Kier alpha value is -0.550. The number of likely N-dealkylation sites (N-methyl/N-ethyl adjacent to an activating group) is 1. The summed E-state index contributed by atoms with van der Waals surface area (Å²) in [6.45, 7) is 0. The number of nitrogens with one attached hydrogen (secondary N) is 1. The number of thioether (sulfide) groups is 1. The fraction of sp³-hybridized carbons (Fsp3) is 0.250. The SMILES string of the molecule is CNC(CSc1ccc(Br)cc1)Cc1ccc(Cl)cc1F. The van der Waals surface area contributed by atoms with Crippen LogP contribution in [0.4, 0.5) is 4.39 Å². The normalized spacial score (nSPS) is 12.4. The van der Waals surface area contributed by atoms with Crippen LogP contribution in [-0.2, 0) is 6.42 Å². The van der Waals surface area contributed by atoms with Gasteiger partial charge < -0.3 is 5.32 Å². The summed E-state index contributed by atoms with van der Waals surface area (Å²) in [7, 11) is 1.90. The van der Waals surface area contributed by atoms with Crippen molar-refractivity contribution in [3.8, 4) is 0 Å². The lowest BCUT2D eigenvalue weighted by Crippen LogP contribution is -2.30. The van der Waals surface area contributed by atoms with Gasteiger partial charge in [-0.25, -0.2) is 4.39 Å². The lowest BCUT2D eigenvalue weighted by Gasteiger charge is -2.16. The minimum atomic E-state index is -0.239. The standard InChI is InChI=1S/C16H16BrClFNS/c1-20-14(8-11-2-5-13(18)9-16(11)19)10-21-15-6-3-12(17)4-7-15/h2-7,9,14,20H,8,10H2,1H3. The second kappa shape index (κ2) is 8.18. The molecule has 2 aromatic carbocycles. The van der Waals surface area contributed by atoms with Crippen LogP contribution in [0.25, 0.3) is 0 Å². The zero-order valence-electron chi connectivity index (χ0n) is 11.6. The van der Waals surface area contributed by atoms with Gasteiger partial charge in [0.05, 0.1) is 0 Å². The maximum atomic E-state index is 13.8. The molecule has 2 rings (SSSR count). The van der Waals surface area contributed by atoms with E-state index in [0.717, 1.165) is 10.2 Å². The van der Waals surface area contributed by atoms with Crippen molar-refractivity contribution in [1.82, 2.24) is 5.32 Å². The van der Waals surface area contributed by atoms with Gasteiger partial charge in [-0.05, 0) is 55.4 Å². The number of halogens is 3. The Balaban J connectivity index is 1.95. The van der Waals surface area contributed by atoms with Crippen molar-refractivity contribution in [2.75, 3.05) is 12.8 Å². The van der Waals surface area contributed by atoms with Crippen molar-refractivity contribution in [3.63, 3.8) is 0 Å². The van der Waals surface area contributed by atoms with E-state index < -0.39 is 0 Å². The molecule has 0 fully saturated rings. The molecule has 0 amide bonds. The van der Waals surface area contributed by atoms with Gasteiger partial charge in [-0.2, -0.15) is 0 Å². The van der Waals surface area contributed by atoms with E-state index in [9.17, 15) is 4.39 Å². The minimum Gasteiger partial charge on any atom is -0.316 e. The van der Waals surface area contributed by atoms with E-state index in [2.05, 4.69) is 33.4 Å². The molecule has 0 aromatic heterocycles. The zero-order chi connectivity index (χ0) is 15.2. The molecule has 0 radical (unpaired) electrons. The topological polar surface area (TPSA) is 12.0 Å². The van der Waals surface area contributed by atoms with Crippen molar-refractivity contribution in [2.45, 2.75) is 17.4 Å². The highest BCUT2D eigenvalue weighted by molar-refractivity contribution is 9.10. The van der Waals surface area contributed by atoms with Crippen LogP contribution < -0.4 is 5.32 Å². The Labute approximate surface area is 142 Å². The van der Waals surface area contributed by atoms with Crippen molar-refractivity contribution < 1.29 is 4.39 Å². The molecule has 1 atom stereocenters. The van der Waals surface area contributed by atoms with Crippen molar-refractivity contribution in [2.24, 2.45) is 0 Å². The van der Waals surface area contributed by atoms with Crippen LogP contribution in [0.2, 0.25) is 5.02 Å². The maximum Gasteiger partial charge on any atom is 0.127 e. The Kier molecular flexibility index (Phi) is 6.55. The summed E-state index contributed by atoms with van der Waals surface area (Å²) in [6.07, 6.45) is 0.642. The van der Waals surface area contributed by atoms with E-state index in [4.69, 9.17) is 11.6 Å². The third kappa shape index (κ3) is 5.29. The van der Waals surface area contributed by atoms with Gasteiger partial charge in [-0.1, -0.05) is 33.6 Å². The third-order valence-corrected chi connectivity index (χ3v) is 5.09. The molecule has 0 aliphatic heterocycles. The van der Waals surface area contributed by atoms with Crippen LogP contribution in [0.15, 0.2) is 51.8 Å². The molecular formula is C16H16BrClFNS. The molecule has 0 saturated heterocycles. The van der Waals surface area contributed by atoms with Gasteiger partial charge in [0.1, 0.15) is 5.82 Å². The molecule has 0 aliphatic carbocycles. The quantitative estimate of drug-likeness (QED) is 0.686. The predicted octanol–water partition coefficient (Wildman–Crippen LogP) is 5.16. The van der Waals surface area contributed by atoms with Crippen LogP contribution in [0, 0.1) is 5.82 Å². The minimum absolute atomic E-state index is 0.203. The molecule has 21 heavy (non-hydrogen) atoms. The Bertz CT molecular complexity index is 591. The van der Waals surface area contributed by atoms with Gasteiger partial charge in [0.25, 0.3) is 0 Å². The molecule has 1 nitrogen and oxygen atoms in total. The molecule has 0 saturated carbocycles. The van der Waals surface area contributed by atoms with Crippen molar-refractivity contribution in [1.29, 1.82) is 0 Å². The van der Waals surface area contributed by atoms with Gasteiger partial charge in [-0.3, -0.25) is 0 Å². The fourth-order valence-electron chi connectivity index (χ4n) is 1.92. The number of rotatable bonds is 6. The molecule has 2 aromatic rings. The summed E-state index contributed by atoms with van der Waals surface area (Å²) in [5.74, 6) is 0.636. The van der Waals surface area contributed by atoms with Crippen molar-refractivity contribution in [3.05, 3.63) is 63.3 Å². The number of benzene rings is 2. The molecule has 1 N–H and O–H groups in total. The Morgan fingerprint density at radius 2 is 1.95 bits per heavy atom.